The number of phenolic OH excluding ortho intramolecular Hbond substituents is 1. The lowest BCUT2D eigenvalue weighted by Gasteiger charge is -2.32. The fraction of sp³-hybridized carbons (Fsp3) is 0.292. The van der Waals surface area contributed by atoms with Crippen LogP contribution < -0.4 is 10.1 Å². The molecule has 2 unspecified atom stereocenters. The van der Waals surface area contributed by atoms with Crippen molar-refractivity contribution in [3.63, 3.8) is 0 Å². The van der Waals surface area contributed by atoms with E-state index < -0.39 is 17.6 Å². The number of ether oxygens (including phenoxy) is 1. The van der Waals surface area contributed by atoms with Crippen LogP contribution in [0.25, 0.3) is 0 Å². The first-order valence-corrected chi connectivity index (χ1v) is 10.9. The second-order valence-corrected chi connectivity index (χ2v) is 8.82. The highest BCUT2D eigenvalue weighted by molar-refractivity contribution is 6.38. The molecule has 2 aromatic carbocycles. The lowest BCUT2D eigenvalue weighted by molar-refractivity contribution is 0.0414. The SMILES string of the molecule is CC(C)c1cc(Oc2c(Cl)c(F)nc(NC(C)C(C)(O)c3ccccc3)c2Cl)ccc1O. The van der Waals surface area contributed by atoms with Gasteiger partial charge in [0.05, 0.1) is 6.04 Å². The molecule has 0 aliphatic carbocycles. The third-order valence-electron chi connectivity index (χ3n) is 5.39. The van der Waals surface area contributed by atoms with E-state index in [9.17, 15) is 14.6 Å². The van der Waals surface area contributed by atoms with Gasteiger partial charge in [-0.2, -0.15) is 9.37 Å². The Morgan fingerprint density at radius 3 is 2.34 bits per heavy atom. The van der Waals surface area contributed by atoms with Crippen LogP contribution >= 0.6 is 23.2 Å². The van der Waals surface area contributed by atoms with Crippen LogP contribution in [0, 0.1) is 5.95 Å². The number of aromatic hydroxyl groups is 1. The number of nitrogens with one attached hydrogen (secondary N) is 1. The highest BCUT2D eigenvalue weighted by atomic mass is 35.5. The zero-order chi connectivity index (χ0) is 23.6. The van der Waals surface area contributed by atoms with Gasteiger partial charge < -0.3 is 20.3 Å². The molecule has 0 saturated carbocycles. The minimum Gasteiger partial charge on any atom is -0.508 e. The highest BCUT2D eigenvalue weighted by Crippen LogP contribution is 2.43. The van der Waals surface area contributed by atoms with E-state index in [1.165, 1.54) is 12.1 Å². The maximum absolute atomic E-state index is 14.5. The summed E-state index contributed by atoms with van der Waals surface area (Å²) >= 11 is 12.6. The molecule has 0 bridgehead atoms. The molecule has 1 heterocycles. The quantitative estimate of drug-likeness (QED) is 0.323. The van der Waals surface area contributed by atoms with Crippen molar-refractivity contribution in [2.75, 3.05) is 5.32 Å². The summed E-state index contributed by atoms with van der Waals surface area (Å²) in [4.78, 5) is 3.81. The molecule has 1 aromatic heterocycles. The van der Waals surface area contributed by atoms with Crippen LogP contribution in [-0.4, -0.2) is 21.2 Å². The van der Waals surface area contributed by atoms with E-state index in [1.54, 1.807) is 32.0 Å². The normalized spacial score (nSPS) is 14.2. The summed E-state index contributed by atoms with van der Waals surface area (Å²) in [5, 5.41) is 23.6. The van der Waals surface area contributed by atoms with E-state index in [2.05, 4.69) is 10.3 Å². The summed E-state index contributed by atoms with van der Waals surface area (Å²) in [6.45, 7) is 7.22. The van der Waals surface area contributed by atoms with E-state index >= 15 is 0 Å². The van der Waals surface area contributed by atoms with Crippen LogP contribution in [0.15, 0.2) is 48.5 Å². The topological polar surface area (TPSA) is 74.6 Å². The summed E-state index contributed by atoms with van der Waals surface area (Å²) in [7, 11) is 0. The van der Waals surface area contributed by atoms with Crippen molar-refractivity contribution in [3.05, 3.63) is 75.7 Å². The van der Waals surface area contributed by atoms with Crippen molar-refractivity contribution in [3.8, 4) is 17.2 Å². The summed E-state index contributed by atoms with van der Waals surface area (Å²) in [6.07, 6.45) is 0. The van der Waals surface area contributed by atoms with E-state index in [1.807, 2.05) is 32.0 Å². The Kier molecular flexibility index (Phi) is 7.18. The predicted octanol–water partition coefficient (Wildman–Crippen LogP) is 6.86. The standard InChI is InChI=1S/C24H25Cl2FN2O3/c1-13(2)17-12-16(10-11-18(17)30)32-21-19(25)22(27)29-23(20(21)26)28-14(3)24(4,31)15-8-6-5-7-9-15/h5-14,30-31H,1-4H3,(H,28,29). The number of phenols is 1. The maximum Gasteiger partial charge on any atom is 0.237 e. The van der Waals surface area contributed by atoms with E-state index in [0.29, 0.717) is 16.9 Å². The molecule has 3 aromatic rings. The molecule has 0 aliphatic rings. The van der Waals surface area contributed by atoms with Gasteiger partial charge in [0.2, 0.25) is 5.95 Å². The van der Waals surface area contributed by atoms with Crippen LogP contribution in [0.3, 0.4) is 0 Å². The number of anilines is 1. The second-order valence-electron chi connectivity index (χ2n) is 8.07. The van der Waals surface area contributed by atoms with Crippen LogP contribution in [0.1, 0.15) is 44.7 Å². The number of pyridine rings is 1. The number of hydrogen-bond donors (Lipinski definition) is 3. The summed E-state index contributed by atoms with van der Waals surface area (Å²) in [5.74, 6) is -0.605. The second kappa shape index (κ2) is 9.53. The number of hydrogen-bond acceptors (Lipinski definition) is 5. The van der Waals surface area contributed by atoms with Crippen molar-refractivity contribution in [2.45, 2.75) is 45.3 Å². The molecule has 0 saturated heterocycles. The van der Waals surface area contributed by atoms with Gasteiger partial charge in [0.25, 0.3) is 0 Å². The van der Waals surface area contributed by atoms with Crippen molar-refractivity contribution in [1.29, 1.82) is 0 Å². The molecule has 8 heteroatoms. The molecule has 0 radical (unpaired) electrons. The van der Waals surface area contributed by atoms with Gasteiger partial charge in [0, 0.05) is 5.56 Å². The fourth-order valence-corrected chi connectivity index (χ4v) is 3.68. The molecule has 0 amide bonds. The summed E-state index contributed by atoms with van der Waals surface area (Å²) in [6, 6.07) is 13.1. The Bertz CT molecular complexity index is 1110. The first-order valence-electron chi connectivity index (χ1n) is 10.1. The molecule has 0 spiro atoms. The Labute approximate surface area is 196 Å². The molecule has 3 N–H and O–H groups in total. The Balaban J connectivity index is 1.94. The zero-order valence-corrected chi connectivity index (χ0v) is 19.7. The maximum atomic E-state index is 14.5. The lowest BCUT2D eigenvalue weighted by atomic mass is 9.89. The third-order valence-corrected chi connectivity index (χ3v) is 6.07. The number of benzene rings is 2. The first-order chi connectivity index (χ1) is 15.0. The van der Waals surface area contributed by atoms with Gasteiger partial charge in [-0.1, -0.05) is 67.4 Å². The van der Waals surface area contributed by atoms with Crippen molar-refractivity contribution in [1.82, 2.24) is 4.98 Å². The van der Waals surface area contributed by atoms with Crippen LogP contribution in [0.5, 0.6) is 17.2 Å². The van der Waals surface area contributed by atoms with Gasteiger partial charge in [0.15, 0.2) is 11.6 Å². The average molecular weight is 479 g/mol. The van der Waals surface area contributed by atoms with Gasteiger partial charge in [-0.3, -0.25) is 0 Å². The van der Waals surface area contributed by atoms with Crippen LogP contribution in [0.4, 0.5) is 10.2 Å². The molecule has 0 aliphatic heterocycles. The van der Waals surface area contributed by atoms with E-state index in [0.717, 1.165) is 0 Å². The van der Waals surface area contributed by atoms with Gasteiger partial charge in [-0.25, -0.2) is 0 Å². The smallest absolute Gasteiger partial charge is 0.237 e. The molecule has 170 valence electrons. The van der Waals surface area contributed by atoms with Gasteiger partial charge in [-0.05, 0) is 43.5 Å². The predicted molar refractivity (Wildman–Crippen MR) is 126 cm³/mol. The van der Waals surface area contributed by atoms with E-state index in [-0.39, 0.29) is 33.3 Å². The number of nitrogens with zero attached hydrogens (tertiary/aromatic N) is 1. The number of aromatic nitrogens is 1. The zero-order valence-electron chi connectivity index (χ0n) is 18.2. The Morgan fingerprint density at radius 1 is 1.06 bits per heavy atom. The average Bonchev–Trinajstić information content (AvgIpc) is 2.76. The number of halogens is 3. The third kappa shape index (κ3) is 4.93. The van der Waals surface area contributed by atoms with Crippen molar-refractivity contribution < 1.29 is 19.3 Å². The molecule has 5 nitrogen and oxygen atoms in total. The molecular weight excluding hydrogens is 454 g/mol. The van der Waals surface area contributed by atoms with Crippen LogP contribution in [0.2, 0.25) is 10.0 Å². The summed E-state index contributed by atoms with van der Waals surface area (Å²) in [5.41, 5.74) is 0.0366. The van der Waals surface area contributed by atoms with Gasteiger partial charge in [0.1, 0.15) is 27.1 Å². The number of aliphatic hydroxyl groups is 1. The molecule has 32 heavy (non-hydrogen) atoms. The van der Waals surface area contributed by atoms with Crippen molar-refractivity contribution >= 4 is 29.0 Å². The molecule has 0 fully saturated rings. The lowest BCUT2D eigenvalue weighted by Crippen LogP contribution is -2.40. The van der Waals surface area contributed by atoms with Crippen LogP contribution in [-0.2, 0) is 5.60 Å². The van der Waals surface area contributed by atoms with Gasteiger partial charge in [-0.15, -0.1) is 0 Å². The Morgan fingerprint density at radius 2 is 1.72 bits per heavy atom. The molecule has 2 atom stereocenters. The largest absolute Gasteiger partial charge is 0.508 e. The van der Waals surface area contributed by atoms with Crippen molar-refractivity contribution in [2.24, 2.45) is 0 Å². The Hall–Kier alpha value is -2.54. The fourth-order valence-electron chi connectivity index (χ4n) is 3.23. The minimum atomic E-state index is -1.30. The number of rotatable bonds is 7. The summed E-state index contributed by atoms with van der Waals surface area (Å²) < 4.78 is 20.3. The molecular formula is C24H25Cl2FN2O3. The minimum absolute atomic E-state index is 0.0184. The first kappa shape index (κ1) is 24.1. The molecule has 3 rings (SSSR count). The van der Waals surface area contributed by atoms with Gasteiger partial charge >= 0.3 is 0 Å². The highest BCUT2D eigenvalue weighted by Gasteiger charge is 2.32. The monoisotopic (exact) mass is 478 g/mol. The van der Waals surface area contributed by atoms with E-state index in [4.69, 9.17) is 27.9 Å².